The van der Waals surface area contributed by atoms with Crippen molar-refractivity contribution in [2.75, 3.05) is 13.1 Å². The predicted octanol–water partition coefficient (Wildman–Crippen LogP) is 1.68. The Morgan fingerprint density at radius 3 is 2.11 bits per heavy atom. The van der Waals surface area contributed by atoms with E-state index in [2.05, 4.69) is 19.2 Å². The Morgan fingerprint density at radius 2 is 1.67 bits per heavy atom. The fourth-order valence-corrected chi connectivity index (χ4v) is 2.95. The van der Waals surface area contributed by atoms with E-state index in [1.807, 2.05) is 0 Å². The average molecular weight is 254 g/mol. The zero-order valence-corrected chi connectivity index (χ0v) is 11.1. The summed E-state index contributed by atoms with van der Waals surface area (Å²) in [4.78, 5) is 25.3. The van der Waals surface area contributed by atoms with Gasteiger partial charge in [0.25, 0.3) is 0 Å². The van der Waals surface area contributed by atoms with E-state index in [1.165, 1.54) is 0 Å². The van der Waals surface area contributed by atoms with Crippen molar-refractivity contribution in [2.45, 2.75) is 45.1 Å². The molecule has 2 fully saturated rings. The molecule has 1 aliphatic carbocycles. The molecule has 0 bridgehead atoms. The second-order valence-corrected chi connectivity index (χ2v) is 5.88. The van der Waals surface area contributed by atoms with Crippen LogP contribution in [0.5, 0.6) is 0 Å². The number of carbonyl (C=O) groups is 2. The van der Waals surface area contributed by atoms with Crippen molar-refractivity contribution >= 4 is 12.0 Å². The van der Waals surface area contributed by atoms with E-state index in [-0.39, 0.29) is 6.03 Å². The molecule has 2 amide bonds. The van der Waals surface area contributed by atoms with Gasteiger partial charge in [0.05, 0.1) is 0 Å². The van der Waals surface area contributed by atoms with Crippen LogP contribution in [0, 0.1) is 11.8 Å². The van der Waals surface area contributed by atoms with Crippen LogP contribution < -0.4 is 5.32 Å². The Labute approximate surface area is 108 Å². The number of carboxylic acids is 1. The molecule has 18 heavy (non-hydrogen) atoms. The van der Waals surface area contributed by atoms with Crippen molar-refractivity contribution in [1.82, 2.24) is 10.2 Å². The van der Waals surface area contributed by atoms with E-state index in [0.29, 0.717) is 24.7 Å². The number of carbonyl (C=O) groups excluding carboxylic acids is 1. The maximum Gasteiger partial charge on any atom is 0.329 e. The molecule has 0 radical (unpaired) electrons. The number of carboxylic acid groups (broad SMARTS) is 1. The van der Waals surface area contributed by atoms with Crippen LogP contribution in [0.3, 0.4) is 0 Å². The molecule has 102 valence electrons. The molecule has 2 rings (SSSR count). The highest BCUT2D eigenvalue weighted by molar-refractivity contribution is 5.86. The van der Waals surface area contributed by atoms with E-state index in [1.54, 1.807) is 4.90 Å². The van der Waals surface area contributed by atoms with Gasteiger partial charge >= 0.3 is 12.0 Å². The lowest BCUT2D eigenvalue weighted by molar-refractivity contribution is -0.144. The summed E-state index contributed by atoms with van der Waals surface area (Å²) in [5.74, 6) is 0.0776. The van der Waals surface area contributed by atoms with Gasteiger partial charge in [-0.1, -0.05) is 26.7 Å². The van der Waals surface area contributed by atoms with E-state index >= 15 is 0 Å². The Morgan fingerprint density at radius 1 is 1.17 bits per heavy atom. The summed E-state index contributed by atoms with van der Waals surface area (Å²) in [5, 5.41) is 12.1. The Hall–Kier alpha value is -1.26. The molecular formula is C13H22N2O3. The van der Waals surface area contributed by atoms with E-state index in [9.17, 15) is 14.7 Å². The second kappa shape index (κ2) is 4.78. The number of likely N-dealkylation sites (tertiary alicyclic amines) is 1. The summed E-state index contributed by atoms with van der Waals surface area (Å²) >= 11 is 0. The fraction of sp³-hybridized carbons (Fsp3) is 0.846. The molecule has 2 atom stereocenters. The smallest absolute Gasteiger partial charge is 0.329 e. The van der Waals surface area contributed by atoms with Crippen molar-refractivity contribution < 1.29 is 14.7 Å². The van der Waals surface area contributed by atoms with Crippen LogP contribution in [0.15, 0.2) is 0 Å². The largest absolute Gasteiger partial charge is 0.480 e. The van der Waals surface area contributed by atoms with Gasteiger partial charge in [-0.05, 0) is 24.7 Å². The van der Waals surface area contributed by atoms with Crippen LogP contribution in [0.2, 0.25) is 0 Å². The maximum absolute atomic E-state index is 12.2. The Balaban J connectivity index is 2.00. The molecule has 1 heterocycles. The Kier molecular flexibility index (Phi) is 3.50. The van der Waals surface area contributed by atoms with Gasteiger partial charge in [-0.25, -0.2) is 9.59 Å². The molecule has 2 aliphatic rings. The number of nitrogens with one attached hydrogen (secondary N) is 1. The summed E-state index contributed by atoms with van der Waals surface area (Å²) in [6, 6.07) is -0.212. The molecule has 0 spiro atoms. The average Bonchev–Trinajstić information content (AvgIpc) is 2.88. The monoisotopic (exact) mass is 254 g/mol. The van der Waals surface area contributed by atoms with Crippen molar-refractivity contribution in [3.63, 3.8) is 0 Å². The Bertz CT molecular complexity index is 340. The predicted molar refractivity (Wildman–Crippen MR) is 67.3 cm³/mol. The first kappa shape index (κ1) is 13.2. The lowest BCUT2D eigenvalue weighted by Gasteiger charge is -2.28. The molecular weight excluding hydrogens is 232 g/mol. The molecule has 2 unspecified atom stereocenters. The van der Waals surface area contributed by atoms with Gasteiger partial charge in [0, 0.05) is 13.1 Å². The maximum atomic E-state index is 12.2. The highest BCUT2D eigenvalue weighted by Crippen LogP contribution is 2.31. The van der Waals surface area contributed by atoms with Crippen molar-refractivity contribution in [1.29, 1.82) is 0 Å². The summed E-state index contributed by atoms with van der Waals surface area (Å²) in [6.07, 6.45) is 2.85. The van der Waals surface area contributed by atoms with Crippen LogP contribution in [0.25, 0.3) is 0 Å². The number of urea groups is 1. The van der Waals surface area contributed by atoms with Crippen LogP contribution in [-0.2, 0) is 4.79 Å². The minimum atomic E-state index is -1.02. The number of hydrogen-bond donors (Lipinski definition) is 2. The third-order valence-electron chi connectivity index (χ3n) is 4.49. The molecule has 1 saturated carbocycles. The molecule has 1 saturated heterocycles. The first-order chi connectivity index (χ1) is 8.44. The minimum absolute atomic E-state index is 0.212. The van der Waals surface area contributed by atoms with Gasteiger partial charge in [0.15, 0.2) is 0 Å². The zero-order valence-electron chi connectivity index (χ0n) is 11.1. The lowest BCUT2D eigenvalue weighted by atomic mass is 9.98. The molecule has 0 aromatic carbocycles. The third kappa shape index (κ3) is 2.31. The van der Waals surface area contributed by atoms with Crippen LogP contribution >= 0.6 is 0 Å². The number of amides is 2. The van der Waals surface area contributed by atoms with Crippen molar-refractivity contribution in [3.05, 3.63) is 0 Å². The van der Waals surface area contributed by atoms with E-state index in [4.69, 9.17) is 0 Å². The summed E-state index contributed by atoms with van der Waals surface area (Å²) < 4.78 is 0. The van der Waals surface area contributed by atoms with E-state index < -0.39 is 11.5 Å². The normalized spacial score (nSPS) is 30.4. The fourth-order valence-electron chi connectivity index (χ4n) is 2.95. The quantitative estimate of drug-likeness (QED) is 0.787. The number of rotatable bonds is 2. The number of hydrogen-bond acceptors (Lipinski definition) is 2. The van der Waals surface area contributed by atoms with Gasteiger partial charge in [-0.3, -0.25) is 0 Å². The van der Waals surface area contributed by atoms with Gasteiger partial charge < -0.3 is 15.3 Å². The van der Waals surface area contributed by atoms with Crippen molar-refractivity contribution in [3.8, 4) is 0 Å². The van der Waals surface area contributed by atoms with Crippen LogP contribution in [-0.4, -0.2) is 40.6 Å². The van der Waals surface area contributed by atoms with E-state index in [0.717, 1.165) is 25.9 Å². The second-order valence-electron chi connectivity index (χ2n) is 5.88. The van der Waals surface area contributed by atoms with Gasteiger partial charge in [0.1, 0.15) is 5.54 Å². The van der Waals surface area contributed by atoms with Crippen LogP contribution in [0.1, 0.15) is 39.5 Å². The molecule has 0 aromatic heterocycles. The number of nitrogens with zero attached hydrogens (tertiary/aromatic N) is 1. The molecule has 2 N–H and O–H groups in total. The van der Waals surface area contributed by atoms with Gasteiger partial charge in [-0.15, -0.1) is 0 Å². The van der Waals surface area contributed by atoms with Crippen molar-refractivity contribution in [2.24, 2.45) is 11.8 Å². The van der Waals surface area contributed by atoms with Gasteiger partial charge in [-0.2, -0.15) is 0 Å². The zero-order chi connectivity index (χ0) is 13.3. The summed E-state index contributed by atoms with van der Waals surface area (Å²) in [5.41, 5.74) is -1.02. The van der Waals surface area contributed by atoms with Crippen LogP contribution in [0.4, 0.5) is 4.79 Å². The first-order valence-corrected chi connectivity index (χ1v) is 6.75. The molecule has 5 nitrogen and oxygen atoms in total. The SMILES string of the molecule is CC1CN(C(=O)NC2(C(=O)O)CCCC2)CC1C. The lowest BCUT2D eigenvalue weighted by Crippen LogP contribution is -2.56. The molecule has 0 aromatic rings. The molecule has 5 heteroatoms. The standard InChI is InChI=1S/C13H22N2O3/c1-9-7-15(8-10(9)2)12(18)14-13(11(16)17)5-3-4-6-13/h9-10H,3-8H2,1-2H3,(H,14,18)(H,16,17). The third-order valence-corrected chi connectivity index (χ3v) is 4.49. The minimum Gasteiger partial charge on any atom is -0.480 e. The molecule has 1 aliphatic heterocycles. The first-order valence-electron chi connectivity index (χ1n) is 6.75. The van der Waals surface area contributed by atoms with Gasteiger partial charge in [0.2, 0.25) is 0 Å². The number of aliphatic carboxylic acids is 1. The topological polar surface area (TPSA) is 69.6 Å². The highest BCUT2D eigenvalue weighted by Gasteiger charge is 2.44. The summed E-state index contributed by atoms with van der Waals surface area (Å²) in [6.45, 7) is 5.70. The highest BCUT2D eigenvalue weighted by atomic mass is 16.4. The summed E-state index contributed by atoms with van der Waals surface area (Å²) in [7, 11) is 0.